The van der Waals surface area contributed by atoms with Crippen LogP contribution >= 0.6 is 11.8 Å². The Morgan fingerprint density at radius 2 is 1.81 bits per heavy atom. The van der Waals surface area contributed by atoms with Gasteiger partial charge in [0, 0.05) is 17.2 Å². The van der Waals surface area contributed by atoms with Crippen molar-refractivity contribution in [2.24, 2.45) is 5.84 Å². The van der Waals surface area contributed by atoms with Gasteiger partial charge in [-0.1, -0.05) is 11.8 Å². The van der Waals surface area contributed by atoms with E-state index in [0.717, 1.165) is 18.0 Å². The average Bonchev–Trinajstić information content (AvgIpc) is 2.41. The minimum atomic E-state index is -3.29. The van der Waals surface area contributed by atoms with E-state index in [1.165, 1.54) is 24.3 Å². The zero-order chi connectivity index (χ0) is 15.6. The second-order valence-electron chi connectivity index (χ2n) is 4.10. The van der Waals surface area contributed by atoms with Crippen molar-refractivity contribution in [3.8, 4) is 0 Å². The molecule has 5 nitrogen and oxygen atoms in total. The van der Waals surface area contributed by atoms with Crippen molar-refractivity contribution in [3.05, 3.63) is 42.0 Å². The lowest BCUT2D eigenvalue weighted by molar-refractivity contribution is 0.551. The van der Waals surface area contributed by atoms with Crippen LogP contribution in [0.2, 0.25) is 0 Å². The molecule has 3 N–H and O–H groups in total. The predicted molar refractivity (Wildman–Crippen MR) is 75.6 cm³/mol. The number of halogens is 2. The van der Waals surface area contributed by atoms with Crippen LogP contribution in [0.15, 0.2) is 45.1 Å². The number of rotatable bonds is 4. The van der Waals surface area contributed by atoms with Crippen LogP contribution < -0.4 is 11.3 Å². The van der Waals surface area contributed by atoms with Crippen molar-refractivity contribution >= 4 is 27.4 Å². The summed E-state index contributed by atoms with van der Waals surface area (Å²) in [5, 5.41) is -0.0727. The molecule has 9 heteroatoms. The lowest BCUT2D eigenvalue weighted by Crippen LogP contribution is -2.11. The van der Waals surface area contributed by atoms with Crippen LogP contribution in [-0.2, 0) is 9.84 Å². The van der Waals surface area contributed by atoms with Crippen LogP contribution in [0.25, 0.3) is 0 Å². The van der Waals surface area contributed by atoms with Crippen molar-refractivity contribution < 1.29 is 17.2 Å². The molecule has 112 valence electrons. The highest BCUT2D eigenvalue weighted by atomic mass is 32.2. The van der Waals surface area contributed by atoms with E-state index in [0.29, 0.717) is 11.0 Å². The molecule has 0 unspecified atom stereocenters. The van der Waals surface area contributed by atoms with Crippen LogP contribution in [0.5, 0.6) is 0 Å². The summed E-state index contributed by atoms with van der Waals surface area (Å²) in [5.41, 5.74) is 2.03. The number of nitrogens with one attached hydrogen (secondary N) is 1. The first-order chi connectivity index (χ1) is 9.81. The maximum atomic E-state index is 13.6. The monoisotopic (exact) mass is 331 g/mol. The summed E-state index contributed by atoms with van der Waals surface area (Å²) in [7, 11) is -3.29. The standard InChI is InChI=1S/C12H11F2N3O2S2/c1-21(18,19)8-4-2-7(3-5-8)20-12-10(14)6-9(13)11(16-12)17-15/h2-6H,15H2,1H3,(H,16,17). The van der Waals surface area contributed by atoms with Crippen molar-refractivity contribution in [1.82, 2.24) is 4.98 Å². The van der Waals surface area contributed by atoms with E-state index < -0.39 is 21.5 Å². The van der Waals surface area contributed by atoms with Crippen LogP contribution in [0.4, 0.5) is 14.6 Å². The van der Waals surface area contributed by atoms with Crippen molar-refractivity contribution in [3.63, 3.8) is 0 Å². The number of nitrogens with two attached hydrogens (primary N) is 1. The number of aromatic nitrogens is 1. The SMILES string of the molecule is CS(=O)(=O)c1ccc(Sc2nc(NN)c(F)cc2F)cc1. The fourth-order valence-corrected chi connectivity index (χ4v) is 2.91. The fourth-order valence-electron chi connectivity index (χ4n) is 1.49. The molecule has 0 atom stereocenters. The number of anilines is 1. The van der Waals surface area contributed by atoms with Gasteiger partial charge >= 0.3 is 0 Å². The van der Waals surface area contributed by atoms with Gasteiger partial charge < -0.3 is 5.43 Å². The molecule has 0 aliphatic heterocycles. The molecule has 1 aromatic carbocycles. The molecule has 1 aromatic heterocycles. The van der Waals surface area contributed by atoms with E-state index in [4.69, 9.17) is 5.84 Å². The Bertz CT molecular complexity index is 765. The smallest absolute Gasteiger partial charge is 0.177 e. The number of benzene rings is 1. The summed E-state index contributed by atoms with van der Waals surface area (Å²) in [6.45, 7) is 0. The van der Waals surface area contributed by atoms with E-state index in [2.05, 4.69) is 4.98 Å². The molecule has 2 rings (SSSR count). The van der Waals surface area contributed by atoms with E-state index in [-0.39, 0.29) is 15.7 Å². The number of hydrogen-bond acceptors (Lipinski definition) is 6. The molecule has 21 heavy (non-hydrogen) atoms. The van der Waals surface area contributed by atoms with E-state index in [9.17, 15) is 17.2 Å². The van der Waals surface area contributed by atoms with Crippen molar-refractivity contribution in [2.45, 2.75) is 14.8 Å². The summed E-state index contributed by atoms with van der Waals surface area (Å²) in [6.07, 6.45) is 1.09. The summed E-state index contributed by atoms with van der Waals surface area (Å²) in [4.78, 5) is 4.43. The van der Waals surface area contributed by atoms with Gasteiger partial charge in [-0.25, -0.2) is 28.0 Å². The zero-order valence-electron chi connectivity index (χ0n) is 10.8. The van der Waals surface area contributed by atoms with Crippen LogP contribution in [-0.4, -0.2) is 19.7 Å². The molecule has 0 fully saturated rings. The largest absolute Gasteiger partial charge is 0.306 e. The number of sulfone groups is 1. The number of nitrogens with zero attached hydrogens (tertiary/aromatic N) is 1. The van der Waals surface area contributed by atoms with E-state index in [1.54, 1.807) is 0 Å². The molecule has 0 saturated carbocycles. The minimum absolute atomic E-state index is 0.0727. The molecule has 0 aliphatic carbocycles. The second-order valence-corrected chi connectivity index (χ2v) is 7.17. The molecule has 0 amide bonds. The Kier molecular flexibility index (Phi) is 4.45. The van der Waals surface area contributed by atoms with Gasteiger partial charge in [-0.3, -0.25) is 0 Å². The van der Waals surface area contributed by atoms with Gasteiger partial charge in [-0.05, 0) is 24.3 Å². The first-order valence-corrected chi connectivity index (χ1v) is 8.32. The van der Waals surface area contributed by atoms with Crippen LogP contribution in [0.3, 0.4) is 0 Å². The molecule has 0 saturated heterocycles. The number of pyridine rings is 1. The Labute approximate surface area is 124 Å². The van der Waals surface area contributed by atoms with Gasteiger partial charge in [0.1, 0.15) is 5.03 Å². The summed E-state index contributed by atoms with van der Waals surface area (Å²) < 4.78 is 49.5. The van der Waals surface area contributed by atoms with Gasteiger partial charge in [-0.2, -0.15) is 0 Å². The molecule has 0 bridgehead atoms. The van der Waals surface area contributed by atoms with Gasteiger partial charge in [0.05, 0.1) is 4.90 Å². The molecule has 0 aliphatic rings. The predicted octanol–water partition coefficient (Wildman–Crippen LogP) is 2.20. The Balaban J connectivity index is 2.30. The fraction of sp³-hybridized carbons (Fsp3) is 0.0833. The van der Waals surface area contributed by atoms with Gasteiger partial charge in [-0.15, -0.1) is 0 Å². The number of nitrogen functional groups attached to an aromatic ring is 1. The van der Waals surface area contributed by atoms with Crippen LogP contribution in [0, 0.1) is 11.6 Å². The van der Waals surface area contributed by atoms with E-state index >= 15 is 0 Å². The molecule has 1 heterocycles. The molecule has 0 spiro atoms. The highest BCUT2D eigenvalue weighted by molar-refractivity contribution is 7.99. The minimum Gasteiger partial charge on any atom is -0.306 e. The number of hydrazine groups is 1. The first-order valence-electron chi connectivity index (χ1n) is 5.62. The highest BCUT2D eigenvalue weighted by Crippen LogP contribution is 2.30. The summed E-state index contributed by atoms with van der Waals surface area (Å²) in [6, 6.07) is 6.51. The van der Waals surface area contributed by atoms with Crippen molar-refractivity contribution in [2.75, 3.05) is 11.7 Å². The molecular weight excluding hydrogens is 320 g/mol. The van der Waals surface area contributed by atoms with Gasteiger partial charge in [0.2, 0.25) is 0 Å². The zero-order valence-corrected chi connectivity index (χ0v) is 12.4. The lowest BCUT2D eigenvalue weighted by Gasteiger charge is -2.07. The second kappa shape index (κ2) is 5.96. The quantitative estimate of drug-likeness (QED) is 0.660. The Morgan fingerprint density at radius 1 is 1.19 bits per heavy atom. The third-order valence-electron chi connectivity index (χ3n) is 2.50. The van der Waals surface area contributed by atoms with Gasteiger partial charge in [0.25, 0.3) is 0 Å². The Morgan fingerprint density at radius 3 is 2.33 bits per heavy atom. The summed E-state index contributed by atoms with van der Waals surface area (Å²) in [5.74, 6) is 3.08. The van der Waals surface area contributed by atoms with Crippen LogP contribution in [0.1, 0.15) is 0 Å². The maximum absolute atomic E-state index is 13.6. The lowest BCUT2D eigenvalue weighted by atomic mass is 10.4. The summed E-state index contributed by atoms with van der Waals surface area (Å²) >= 11 is 0.929. The van der Waals surface area contributed by atoms with Crippen molar-refractivity contribution in [1.29, 1.82) is 0 Å². The topological polar surface area (TPSA) is 85.1 Å². The maximum Gasteiger partial charge on any atom is 0.177 e. The number of hydrogen-bond donors (Lipinski definition) is 2. The Hall–Kier alpha value is -1.71. The average molecular weight is 331 g/mol. The first kappa shape index (κ1) is 15.7. The van der Waals surface area contributed by atoms with E-state index in [1.807, 2.05) is 5.43 Å². The third-order valence-corrected chi connectivity index (χ3v) is 4.62. The highest BCUT2D eigenvalue weighted by Gasteiger charge is 2.13. The third kappa shape index (κ3) is 3.69. The molecule has 0 radical (unpaired) electrons. The normalized spacial score (nSPS) is 11.4. The van der Waals surface area contributed by atoms with Gasteiger partial charge in [0.15, 0.2) is 27.3 Å². The molecular formula is C12H11F2N3O2S2. The molecule has 2 aromatic rings.